The van der Waals surface area contributed by atoms with Crippen LogP contribution in [0, 0.1) is 0 Å². The molecular weight excluding hydrogens is 432 g/mol. The fourth-order valence-electron chi connectivity index (χ4n) is 4.01. The first kappa shape index (κ1) is 23.7. The Hall–Kier alpha value is -2.42. The number of aromatic amines is 1. The van der Waals surface area contributed by atoms with E-state index < -0.39 is 8.32 Å². The van der Waals surface area contributed by atoms with Crippen LogP contribution in [0.25, 0.3) is 28.1 Å². The minimum atomic E-state index is -1.84. The predicted molar refractivity (Wildman–Crippen MR) is 136 cm³/mol. The maximum Gasteiger partial charge on any atom is 0.274 e. The molecule has 1 unspecified atom stereocenters. The van der Waals surface area contributed by atoms with Crippen LogP contribution in [0.4, 0.5) is 0 Å². The number of rotatable bonds is 7. The van der Waals surface area contributed by atoms with Gasteiger partial charge in [-0.1, -0.05) is 33.4 Å². The third-order valence-electron chi connectivity index (χ3n) is 7.09. The van der Waals surface area contributed by atoms with E-state index in [4.69, 9.17) is 14.3 Å². The van der Waals surface area contributed by atoms with Crippen molar-refractivity contribution in [3.8, 4) is 11.1 Å². The van der Waals surface area contributed by atoms with Crippen LogP contribution < -0.4 is 5.56 Å². The molecule has 4 rings (SSSR count). The molecule has 3 aromatic rings. The van der Waals surface area contributed by atoms with Crippen LogP contribution in [-0.2, 0) is 15.7 Å². The van der Waals surface area contributed by atoms with Gasteiger partial charge in [-0.25, -0.2) is 4.68 Å². The Morgan fingerprint density at radius 2 is 2.12 bits per heavy atom. The monoisotopic (exact) mass is 468 g/mol. The number of nitrogens with one attached hydrogen (secondary N) is 1. The minimum Gasteiger partial charge on any atom is -0.415 e. The third kappa shape index (κ3) is 4.65. The zero-order valence-corrected chi connectivity index (χ0v) is 21.5. The lowest BCUT2D eigenvalue weighted by Crippen LogP contribution is -2.41. The van der Waals surface area contributed by atoms with Crippen molar-refractivity contribution in [2.45, 2.75) is 70.9 Å². The van der Waals surface area contributed by atoms with Crippen molar-refractivity contribution in [1.29, 1.82) is 0 Å². The molecule has 33 heavy (non-hydrogen) atoms. The molecule has 1 saturated heterocycles. The Kier molecular flexibility index (Phi) is 6.53. The average molecular weight is 469 g/mol. The zero-order valence-electron chi connectivity index (χ0n) is 20.5. The maximum absolute atomic E-state index is 13.1. The van der Waals surface area contributed by atoms with Gasteiger partial charge in [0.05, 0.1) is 29.9 Å². The summed E-state index contributed by atoms with van der Waals surface area (Å²) in [5.74, 6) is 0. The van der Waals surface area contributed by atoms with Gasteiger partial charge in [0.25, 0.3) is 5.56 Å². The summed E-state index contributed by atoms with van der Waals surface area (Å²) in [5, 5.41) is 8.98. The van der Waals surface area contributed by atoms with Crippen LogP contribution in [0.1, 0.15) is 52.0 Å². The minimum absolute atomic E-state index is 0.0451. The fraction of sp³-hybridized carbons (Fsp3) is 0.520. The first-order valence-electron chi connectivity index (χ1n) is 11.8. The van der Waals surface area contributed by atoms with E-state index in [1.165, 1.54) is 0 Å². The second kappa shape index (κ2) is 9.08. The van der Waals surface area contributed by atoms with E-state index in [0.717, 1.165) is 48.0 Å². The molecule has 0 amide bonds. The van der Waals surface area contributed by atoms with Crippen LogP contribution >= 0.6 is 0 Å². The summed E-state index contributed by atoms with van der Waals surface area (Å²) in [5.41, 5.74) is 3.26. The number of H-pyrrole nitrogens is 1. The molecule has 1 aliphatic heterocycles. The van der Waals surface area contributed by atoms with Crippen LogP contribution in [-0.4, -0.2) is 41.1 Å². The largest absolute Gasteiger partial charge is 0.415 e. The second-order valence-electron chi connectivity index (χ2n) is 10.3. The predicted octanol–water partition coefficient (Wildman–Crippen LogP) is 5.56. The molecule has 1 aliphatic rings. The van der Waals surface area contributed by atoms with E-state index in [1.54, 1.807) is 17.0 Å². The second-order valence-corrected chi connectivity index (χ2v) is 15.1. The summed E-state index contributed by atoms with van der Waals surface area (Å²) in [6.45, 7) is 16.8. The van der Waals surface area contributed by atoms with Crippen molar-refractivity contribution in [3.63, 3.8) is 0 Å². The third-order valence-corrected chi connectivity index (χ3v) is 11.6. The van der Waals surface area contributed by atoms with Gasteiger partial charge in [0, 0.05) is 18.2 Å². The molecule has 0 bridgehead atoms. The van der Waals surface area contributed by atoms with Crippen LogP contribution in [0.15, 0.2) is 35.8 Å². The summed E-state index contributed by atoms with van der Waals surface area (Å²) < 4.78 is 15.8. The number of hydrogen-bond acceptors (Lipinski definition) is 4. The SMILES string of the molecule is C=Cc1nn(C2CCCCO2)c2ccc(-c3c[nH]n(CCO[Si](C)(C)C(C)(C)C)c3=O)cc12. The van der Waals surface area contributed by atoms with Crippen molar-refractivity contribution < 1.29 is 9.16 Å². The van der Waals surface area contributed by atoms with E-state index in [9.17, 15) is 4.79 Å². The molecule has 1 aromatic carbocycles. The Morgan fingerprint density at radius 3 is 2.79 bits per heavy atom. The van der Waals surface area contributed by atoms with Crippen molar-refractivity contribution in [2.75, 3.05) is 13.2 Å². The standard InChI is InChI=1S/C25H36N4O3Si/c1-7-21-19-16-18(11-12-22(19)29(27-21)23-10-8-9-14-31-23)20-17-26-28(24(20)30)13-15-32-33(5,6)25(2,3)4/h7,11-12,16-17,23,26H,1,8-10,13-15H2,2-6H3. The topological polar surface area (TPSA) is 74.1 Å². The van der Waals surface area contributed by atoms with Gasteiger partial charge in [0.2, 0.25) is 0 Å². The quantitative estimate of drug-likeness (QED) is 0.461. The lowest BCUT2D eigenvalue weighted by molar-refractivity contribution is -0.0367. The summed E-state index contributed by atoms with van der Waals surface area (Å²) in [6.07, 6.45) is 6.67. The molecule has 2 aromatic heterocycles. The smallest absolute Gasteiger partial charge is 0.274 e. The highest BCUT2D eigenvalue weighted by molar-refractivity contribution is 6.74. The van der Waals surface area contributed by atoms with Crippen molar-refractivity contribution in [1.82, 2.24) is 19.6 Å². The summed E-state index contributed by atoms with van der Waals surface area (Å²) in [6, 6.07) is 6.04. The zero-order chi connectivity index (χ0) is 23.8. The number of benzene rings is 1. The molecule has 0 radical (unpaired) electrons. The van der Waals surface area contributed by atoms with Gasteiger partial charge in [0.1, 0.15) is 0 Å². The number of fused-ring (bicyclic) bond motifs is 1. The normalized spacial score (nSPS) is 17.5. The number of ether oxygens (including phenoxy) is 1. The van der Waals surface area contributed by atoms with Crippen LogP contribution in [0.2, 0.25) is 18.1 Å². The Bertz CT molecular complexity index is 1190. The molecule has 7 nitrogen and oxygen atoms in total. The van der Waals surface area contributed by atoms with E-state index in [2.05, 4.69) is 45.5 Å². The molecule has 0 spiro atoms. The molecular formula is C25H36N4O3Si. The van der Waals surface area contributed by atoms with Crippen LogP contribution in [0.3, 0.4) is 0 Å². The van der Waals surface area contributed by atoms with E-state index in [-0.39, 0.29) is 16.8 Å². The molecule has 178 valence electrons. The van der Waals surface area contributed by atoms with Gasteiger partial charge < -0.3 is 14.3 Å². The average Bonchev–Trinajstić information content (AvgIpc) is 3.33. The molecule has 0 saturated carbocycles. The highest BCUT2D eigenvalue weighted by Gasteiger charge is 2.37. The lowest BCUT2D eigenvalue weighted by atomic mass is 10.1. The van der Waals surface area contributed by atoms with Crippen molar-refractivity contribution in [2.24, 2.45) is 0 Å². The van der Waals surface area contributed by atoms with Gasteiger partial charge in [-0.15, -0.1) is 0 Å². The highest BCUT2D eigenvalue weighted by atomic mass is 28.4. The highest BCUT2D eigenvalue weighted by Crippen LogP contribution is 2.36. The molecule has 1 N–H and O–H groups in total. The summed E-state index contributed by atoms with van der Waals surface area (Å²) in [7, 11) is -1.84. The summed E-state index contributed by atoms with van der Waals surface area (Å²) >= 11 is 0. The van der Waals surface area contributed by atoms with Gasteiger partial charge in [0.15, 0.2) is 14.5 Å². The van der Waals surface area contributed by atoms with Gasteiger partial charge >= 0.3 is 0 Å². The molecule has 1 fully saturated rings. The summed E-state index contributed by atoms with van der Waals surface area (Å²) in [4.78, 5) is 13.1. The maximum atomic E-state index is 13.1. The molecule has 0 aliphatic carbocycles. The van der Waals surface area contributed by atoms with E-state index in [0.29, 0.717) is 18.7 Å². The molecule has 8 heteroatoms. The number of aromatic nitrogens is 4. The Morgan fingerprint density at radius 1 is 1.33 bits per heavy atom. The lowest BCUT2D eigenvalue weighted by Gasteiger charge is -2.36. The van der Waals surface area contributed by atoms with Crippen LogP contribution in [0.5, 0.6) is 0 Å². The van der Waals surface area contributed by atoms with E-state index >= 15 is 0 Å². The number of hydrogen-bond donors (Lipinski definition) is 1. The Balaban J connectivity index is 1.58. The first-order valence-corrected chi connectivity index (χ1v) is 14.7. The van der Waals surface area contributed by atoms with E-state index in [1.807, 2.05) is 22.9 Å². The number of nitrogens with zero attached hydrogens (tertiary/aromatic N) is 3. The van der Waals surface area contributed by atoms with Gasteiger partial charge in [-0.3, -0.25) is 9.48 Å². The van der Waals surface area contributed by atoms with Gasteiger partial charge in [-0.2, -0.15) is 5.10 Å². The Labute approximate surface area is 196 Å². The van der Waals surface area contributed by atoms with Gasteiger partial charge in [-0.05, 0) is 61.2 Å². The van der Waals surface area contributed by atoms with Crippen molar-refractivity contribution in [3.05, 3.63) is 47.0 Å². The molecule has 1 atom stereocenters. The molecule has 3 heterocycles. The first-order chi connectivity index (χ1) is 15.6. The fourth-order valence-corrected chi connectivity index (χ4v) is 5.04. The van der Waals surface area contributed by atoms with Crippen molar-refractivity contribution >= 4 is 25.3 Å².